The van der Waals surface area contributed by atoms with Gasteiger partial charge in [-0.3, -0.25) is 19.7 Å². The normalized spacial score (nSPS) is 11.3. The van der Waals surface area contributed by atoms with Gasteiger partial charge in [0, 0.05) is 30.7 Å². The van der Waals surface area contributed by atoms with Gasteiger partial charge < -0.3 is 5.32 Å². The fourth-order valence-electron chi connectivity index (χ4n) is 2.37. The molecule has 0 aromatic heterocycles. The van der Waals surface area contributed by atoms with E-state index in [4.69, 9.17) is 0 Å². The Hall–Kier alpha value is -3.81. The van der Waals surface area contributed by atoms with Crippen LogP contribution in [0.5, 0.6) is 0 Å². The van der Waals surface area contributed by atoms with E-state index >= 15 is 0 Å². The topological polar surface area (TPSA) is 114 Å². The monoisotopic (exact) mass is 394 g/mol. The molecule has 0 fully saturated rings. The van der Waals surface area contributed by atoms with Crippen molar-refractivity contribution in [2.45, 2.75) is 26.7 Å². The number of nitro benzene ring substituents is 1. The second kappa shape index (κ2) is 10.5. The summed E-state index contributed by atoms with van der Waals surface area (Å²) in [6, 6.07) is 13.9. The molecule has 2 N–H and O–H groups in total. The molecule has 2 amide bonds. The van der Waals surface area contributed by atoms with Gasteiger partial charge in [0.25, 0.3) is 5.69 Å². The summed E-state index contributed by atoms with van der Waals surface area (Å²) >= 11 is 0. The first-order valence-electron chi connectivity index (χ1n) is 8.96. The van der Waals surface area contributed by atoms with Gasteiger partial charge in [-0.1, -0.05) is 36.4 Å². The predicted molar refractivity (Wildman–Crippen MR) is 112 cm³/mol. The Morgan fingerprint density at radius 2 is 1.79 bits per heavy atom. The molecule has 150 valence electrons. The molecule has 0 bridgehead atoms. The summed E-state index contributed by atoms with van der Waals surface area (Å²) in [6.07, 6.45) is 3.60. The van der Waals surface area contributed by atoms with E-state index in [1.165, 1.54) is 18.2 Å². The number of hydrazone groups is 1. The first-order chi connectivity index (χ1) is 13.8. The van der Waals surface area contributed by atoms with E-state index in [0.717, 1.165) is 5.56 Å². The minimum Gasteiger partial charge on any atom is -0.326 e. The molecule has 0 unspecified atom stereocenters. The highest BCUT2D eigenvalue weighted by Crippen LogP contribution is 2.21. The van der Waals surface area contributed by atoms with E-state index in [9.17, 15) is 19.7 Å². The summed E-state index contributed by atoms with van der Waals surface area (Å²) in [7, 11) is 0. The second-order valence-electron chi connectivity index (χ2n) is 6.34. The van der Waals surface area contributed by atoms with E-state index < -0.39 is 4.92 Å². The number of carbonyl (C=O) groups excluding carboxylic acids is 2. The number of anilines is 1. The average molecular weight is 394 g/mol. The van der Waals surface area contributed by atoms with Crippen LogP contribution in [0.2, 0.25) is 0 Å². The quantitative estimate of drug-likeness (QED) is 0.402. The largest absolute Gasteiger partial charge is 0.326 e. The highest BCUT2D eigenvalue weighted by molar-refractivity contribution is 5.97. The Balaban J connectivity index is 1.79. The highest BCUT2D eigenvalue weighted by Gasteiger charge is 2.11. The zero-order valence-electron chi connectivity index (χ0n) is 16.2. The Kier molecular flexibility index (Phi) is 7.78. The van der Waals surface area contributed by atoms with Crippen LogP contribution in [0.15, 0.2) is 59.7 Å². The Morgan fingerprint density at radius 3 is 2.45 bits per heavy atom. The maximum atomic E-state index is 12.0. The molecule has 2 rings (SSSR count). The van der Waals surface area contributed by atoms with E-state index in [-0.39, 0.29) is 30.3 Å². The smallest absolute Gasteiger partial charge is 0.269 e. The number of carbonyl (C=O) groups is 2. The van der Waals surface area contributed by atoms with E-state index in [1.54, 1.807) is 19.9 Å². The maximum absolute atomic E-state index is 12.0. The van der Waals surface area contributed by atoms with Gasteiger partial charge in [0.2, 0.25) is 11.8 Å². The number of aryl methyl sites for hydroxylation is 1. The average Bonchev–Trinajstić information content (AvgIpc) is 2.71. The van der Waals surface area contributed by atoms with Gasteiger partial charge in [0.15, 0.2) is 0 Å². The van der Waals surface area contributed by atoms with Crippen molar-refractivity contribution < 1.29 is 14.5 Å². The van der Waals surface area contributed by atoms with E-state index in [0.29, 0.717) is 17.0 Å². The van der Waals surface area contributed by atoms with Crippen molar-refractivity contribution in [1.29, 1.82) is 0 Å². The van der Waals surface area contributed by atoms with Gasteiger partial charge in [-0.25, -0.2) is 5.43 Å². The molecule has 0 aliphatic rings. The van der Waals surface area contributed by atoms with Crippen molar-refractivity contribution in [2.75, 3.05) is 5.32 Å². The third-order valence-electron chi connectivity index (χ3n) is 3.95. The number of hydrogen-bond acceptors (Lipinski definition) is 5. The van der Waals surface area contributed by atoms with E-state index in [2.05, 4.69) is 15.8 Å². The molecule has 8 heteroatoms. The number of allylic oxidation sites excluding steroid dienone is 1. The summed E-state index contributed by atoms with van der Waals surface area (Å²) in [4.78, 5) is 34.1. The zero-order chi connectivity index (χ0) is 21.2. The molecule has 0 saturated carbocycles. The molecular formula is C21H22N4O4. The van der Waals surface area contributed by atoms with Crippen molar-refractivity contribution in [2.24, 2.45) is 5.10 Å². The van der Waals surface area contributed by atoms with Crippen LogP contribution in [-0.2, 0) is 9.59 Å². The molecule has 0 atom stereocenters. The van der Waals surface area contributed by atoms with Gasteiger partial charge in [0.05, 0.1) is 10.6 Å². The SMILES string of the molecule is CC(/C=C/c1ccccc1)=N\NC(=O)CCC(=O)Nc1ccc([N+](=O)[O-])cc1C. The van der Waals surface area contributed by atoms with Crippen LogP contribution < -0.4 is 10.7 Å². The van der Waals surface area contributed by atoms with Crippen LogP contribution >= 0.6 is 0 Å². The number of nitrogens with one attached hydrogen (secondary N) is 2. The predicted octanol–water partition coefficient (Wildman–Crippen LogP) is 3.83. The van der Waals surface area contributed by atoms with Gasteiger partial charge in [0.1, 0.15) is 0 Å². The molecule has 0 aliphatic heterocycles. The van der Waals surface area contributed by atoms with Gasteiger partial charge in [-0.05, 0) is 37.1 Å². The number of hydrogen-bond donors (Lipinski definition) is 2. The molecule has 0 radical (unpaired) electrons. The summed E-state index contributed by atoms with van der Waals surface area (Å²) in [6.45, 7) is 3.42. The number of rotatable bonds is 8. The van der Waals surface area contributed by atoms with Crippen LogP contribution in [0.4, 0.5) is 11.4 Å². The van der Waals surface area contributed by atoms with Crippen molar-refractivity contribution in [3.63, 3.8) is 0 Å². The molecule has 29 heavy (non-hydrogen) atoms. The fraction of sp³-hybridized carbons (Fsp3) is 0.190. The number of nitro groups is 1. The first-order valence-corrected chi connectivity index (χ1v) is 8.96. The van der Waals surface area contributed by atoms with Gasteiger partial charge >= 0.3 is 0 Å². The molecule has 2 aromatic rings. The lowest BCUT2D eigenvalue weighted by Crippen LogP contribution is -2.21. The third kappa shape index (κ3) is 7.37. The Morgan fingerprint density at radius 1 is 1.10 bits per heavy atom. The van der Waals surface area contributed by atoms with Crippen LogP contribution in [0.1, 0.15) is 30.9 Å². The van der Waals surface area contributed by atoms with E-state index in [1.807, 2.05) is 36.4 Å². The van der Waals surface area contributed by atoms with Crippen LogP contribution in [0, 0.1) is 17.0 Å². The van der Waals surface area contributed by atoms with Crippen molar-refractivity contribution >= 4 is 35.0 Å². The fourth-order valence-corrected chi connectivity index (χ4v) is 2.37. The first kappa shape index (κ1) is 21.5. The highest BCUT2D eigenvalue weighted by atomic mass is 16.6. The number of benzene rings is 2. The lowest BCUT2D eigenvalue weighted by atomic mass is 10.1. The third-order valence-corrected chi connectivity index (χ3v) is 3.95. The number of nitrogens with zero attached hydrogens (tertiary/aromatic N) is 2. The lowest BCUT2D eigenvalue weighted by Gasteiger charge is -2.08. The molecule has 0 spiro atoms. The van der Waals surface area contributed by atoms with Crippen LogP contribution in [0.3, 0.4) is 0 Å². The zero-order valence-corrected chi connectivity index (χ0v) is 16.2. The second-order valence-corrected chi connectivity index (χ2v) is 6.34. The Bertz CT molecular complexity index is 952. The van der Waals surface area contributed by atoms with Gasteiger partial charge in [-0.2, -0.15) is 5.10 Å². The van der Waals surface area contributed by atoms with Crippen molar-refractivity contribution in [1.82, 2.24) is 5.43 Å². The van der Waals surface area contributed by atoms with Crippen molar-refractivity contribution in [3.8, 4) is 0 Å². The molecular weight excluding hydrogens is 372 g/mol. The minimum absolute atomic E-state index is 0.0307. The molecule has 2 aromatic carbocycles. The number of amides is 2. The van der Waals surface area contributed by atoms with Crippen LogP contribution in [0.25, 0.3) is 6.08 Å². The van der Waals surface area contributed by atoms with Crippen LogP contribution in [-0.4, -0.2) is 22.4 Å². The molecule has 0 heterocycles. The van der Waals surface area contributed by atoms with Crippen molar-refractivity contribution in [3.05, 3.63) is 75.8 Å². The summed E-state index contributed by atoms with van der Waals surface area (Å²) < 4.78 is 0. The molecule has 8 nitrogen and oxygen atoms in total. The maximum Gasteiger partial charge on any atom is 0.269 e. The lowest BCUT2D eigenvalue weighted by molar-refractivity contribution is -0.384. The molecule has 0 saturated heterocycles. The number of non-ortho nitro benzene ring substituents is 1. The summed E-state index contributed by atoms with van der Waals surface area (Å²) in [5.41, 5.74) is 5.05. The Labute approximate surface area is 168 Å². The summed E-state index contributed by atoms with van der Waals surface area (Å²) in [5.74, 6) is -0.741. The summed E-state index contributed by atoms with van der Waals surface area (Å²) in [5, 5.41) is 17.4. The molecule has 0 aliphatic carbocycles. The van der Waals surface area contributed by atoms with Gasteiger partial charge in [-0.15, -0.1) is 0 Å². The minimum atomic E-state index is -0.500. The standard InChI is InChI=1S/C21H22N4O4/c1-15-14-18(25(28)29)10-11-19(15)22-20(26)12-13-21(27)24-23-16(2)8-9-17-6-4-3-5-7-17/h3-11,14H,12-13H2,1-2H3,(H,22,26)(H,24,27)/b9-8+,23-16+.